The maximum atomic E-state index is 12.7. The Balaban J connectivity index is 2.32. The largest absolute Gasteiger partial charge is 0.468 e. The van der Waals surface area contributed by atoms with E-state index in [0.717, 1.165) is 11.3 Å². The zero-order valence-corrected chi connectivity index (χ0v) is 18.0. The van der Waals surface area contributed by atoms with Crippen molar-refractivity contribution in [3.63, 3.8) is 0 Å². The van der Waals surface area contributed by atoms with E-state index in [2.05, 4.69) is 20.7 Å². The summed E-state index contributed by atoms with van der Waals surface area (Å²) in [5.74, 6) is -0.730. The molecule has 1 atom stereocenters. The highest BCUT2D eigenvalue weighted by Crippen LogP contribution is 2.42. The second-order valence-corrected chi connectivity index (χ2v) is 9.93. The summed E-state index contributed by atoms with van der Waals surface area (Å²) in [5, 5.41) is 0.530. The van der Waals surface area contributed by atoms with Crippen molar-refractivity contribution in [2.75, 3.05) is 7.11 Å². The SMILES string of the molecule is COC(=O)C(Cc1ccc(Cl)cc1)NS(=O)(=O)c1c(Cl)sc(Cl)c1Br. The molecule has 0 aliphatic rings. The van der Waals surface area contributed by atoms with Gasteiger partial charge in [0.05, 0.1) is 11.6 Å². The number of carbonyl (C=O) groups excluding carboxylic acids is 1. The fourth-order valence-corrected chi connectivity index (χ4v) is 6.85. The first-order chi connectivity index (χ1) is 11.7. The lowest BCUT2D eigenvalue weighted by molar-refractivity contribution is -0.142. The zero-order valence-electron chi connectivity index (χ0n) is 12.6. The molecule has 0 spiro atoms. The Morgan fingerprint density at radius 2 is 1.84 bits per heavy atom. The fraction of sp³-hybridized carbons (Fsp3) is 0.214. The summed E-state index contributed by atoms with van der Waals surface area (Å²) >= 11 is 21.7. The van der Waals surface area contributed by atoms with E-state index in [1.165, 1.54) is 7.11 Å². The number of sulfonamides is 1. The Labute approximate surface area is 172 Å². The normalized spacial score (nSPS) is 12.8. The maximum Gasteiger partial charge on any atom is 0.324 e. The molecule has 5 nitrogen and oxygen atoms in total. The first-order valence-electron chi connectivity index (χ1n) is 6.63. The third-order valence-corrected chi connectivity index (χ3v) is 8.32. The molecule has 136 valence electrons. The molecule has 1 unspecified atom stereocenters. The molecule has 1 heterocycles. The van der Waals surface area contributed by atoms with Gasteiger partial charge in [0.2, 0.25) is 10.0 Å². The minimum Gasteiger partial charge on any atom is -0.468 e. The van der Waals surface area contributed by atoms with Crippen LogP contribution in [-0.2, 0) is 26.0 Å². The average molecular weight is 508 g/mol. The van der Waals surface area contributed by atoms with Gasteiger partial charge in [-0.2, -0.15) is 4.72 Å². The number of thiophene rings is 1. The Hall–Kier alpha value is -0.350. The monoisotopic (exact) mass is 505 g/mol. The lowest BCUT2D eigenvalue weighted by Gasteiger charge is -2.17. The zero-order chi connectivity index (χ0) is 18.8. The standard InChI is InChI=1S/C14H11BrCl3NO4S2/c1-23-14(20)9(6-7-2-4-8(16)5-3-7)19-25(21,22)11-10(15)12(17)24-13(11)18/h2-5,9,19H,6H2,1H3. The number of esters is 1. The third-order valence-electron chi connectivity index (χ3n) is 3.13. The van der Waals surface area contributed by atoms with Gasteiger partial charge >= 0.3 is 5.97 Å². The molecule has 11 heteroatoms. The summed E-state index contributed by atoms with van der Waals surface area (Å²) in [6, 6.07) is 5.53. The van der Waals surface area contributed by atoms with E-state index in [-0.39, 0.29) is 24.5 Å². The van der Waals surface area contributed by atoms with Gasteiger partial charge in [0, 0.05) is 5.02 Å². The first kappa shape index (κ1) is 21.0. The molecule has 0 saturated carbocycles. The summed E-state index contributed by atoms with van der Waals surface area (Å²) in [4.78, 5) is 11.8. The molecule has 0 fully saturated rings. The number of nitrogens with one attached hydrogen (secondary N) is 1. The van der Waals surface area contributed by atoms with Gasteiger partial charge in [-0.3, -0.25) is 4.79 Å². The lowest BCUT2D eigenvalue weighted by Crippen LogP contribution is -2.43. The van der Waals surface area contributed by atoms with Crippen LogP contribution in [0.4, 0.5) is 0 Å². The molecule has 1 aromatic heterocycles. The van der Waals surface area contributed by atoms with Crippen LogP contribution in [0.2, 0.25) is 13.7 Å². The maximum absolute atomic E-state index is 12.7. The number of halogens is 4. The van der Waals surface area contributed by atoms with E-state index in [9.17, 15) is 13.2 Å². The van der Waals surface area contributed by atoms with Crippen molar-refractivity contribution in [1.82, 2.24) is 4.72 Å². The van der Waals surface area contributed by atoms with Crippen LogP contribution in [0.1, 0.15) is 5.56 Å². The first-order valence-corrected chi connectivity index (χ1v) is 10.9. The minimum absolute atomic E-state index is 0.0144. The summed E-state index contributed by atoms with van der Waals surface area (Å²) in [5.41, 5.74) is 0.705. The predicted octanol–water partition coefficient (Wildman–Crippen LogP) is 4.53. The quantitative estimate of drug-likeness (QED) is 0.583. The van der Waals surface area contributed by atoms with E-state index in [0.29, 0.717) is 10.6 Å². The molecule has 2 aromatic rings. The van der Waals surface area contributed by atoms with Gasteiger partial charge in [-0.05, 0) is 40.0 Å². The molecule has 2 rings (SSSR count). The molecular weight excluding hydrogens is 497 g/mol. The molecule has 25 heavy (non-hydrogen) atoms. The number of carbonyl (C=O) groups is 1. The topological polar surface area (TPSA) is 72.5 Å². The highest BCUT2D eigenvalue weighted by atomic mass is 79.9. The molecule has 0 saturated heterocycles. The minimum atomic E-state index is -4.11. The lowest BCUT2D eigenvalue weighted by atomic mass is 10.1. The van der Waals surface area contributed by atoms with Crippen LogP contribution in [0.25, 0.3) is 0 Å². The van der Waals surface area contributed by atoms with Gasteiger partial charge in [0.15, 0.2) is 0 Å². The van der Waals surface area contributed by atoms with Crippen molar-refractivity contribution in [3.8, 4) is 0 Å². The van der Waals surface area contributed by atoms with Crippen LogP contribution in [0, 0.1) is 0 Å². The highest BCUT2D eigenvalue weighted by molar-refractivity contribution is 9.10. The highest BCUT2D eigenvalue weighted by Gasteiger charge is 2.31. The second kappa shape index (κ2) is 8.56. The van der Waals surface area contributed by atoms with Gasteiger partial charge in [0.1, 0.15) is 19.6 Å². The van der Waals surface area contributed by atoms with Crippen molar-refractivity contribution in [2.45, 2.75) is 17.4 Å². The summed E-state index contributed by atoms with van der Waals surface area (Å²) < 4.78 is 32.6. The van der Waals surface area contributed by atoms with Gasteiger partial charge in [-0.1, -0.05) is 46.9 Å². The van der Waals surface area contributed by atoms with Gasteiger partial charge in [-0.25, -0.2) is 8.42 Å². The molecule has 0 aliphatic heterocycles. The molecule has 0 bridgehead atoms. The molecular formula is C14H11BrCl3NO4S2. The summed E-state index contributed by atoms with van der Waals surface area (Å²) in [7, 11) is -2.94. The van der Waals surface area contributed by atoms with Crippen LogP contribution in [0.15, 0.2) is 33.6 Å². The molecule has 1 aromatic carbocycles. The van der Waals surface area contributed by atoms with Crippen LogP contribution in [-0.4, -0.2) is 27.5 Å². The van der Waals surface area contributed by atoms with E-state index >= 15 is 0 Å². The molecule has 0 aliphatic carbocycles. The Morgan fingerprint density at radius 3 is 2.32 bits per heavy atom. The summed E-state index contributed by atoms with van der Waals surface area (Å²) in [6.45, 7) is 0. The van der Waals surface area contributed by atoms with Crippen molar-refractivity contribution < 1.29 is 17.9 Å². The van der Waals surface area contributed by atoms with Crippen molar-refractivity contribution in [3.05, 3.63) is 48.0 Å². The van der Waals surface area contributed by atoms with E-state index in [1.54, 1.807) is 24.3 Å². The average Bonchev–Trinajstić information content (AvgIpc) is 2.81. The number of methoxy groups -OCH3 is 1. The van der Waals surface area contributed by atoms with Crippen LogP contribution in [0.3, 0.4) is 0 Å². The van der Waals surface area contributed by atoms with Gasteiger partial charge in [-0.15, -0.1) is 11.3 Å². The number of hydrogen-bond acceptors (Lipinski definition) is 5. The van der Waals surface area contributed by atoms with Crippen LogP contribution < -0.4 is 4.72 Å². The fourth-order valence-electron chi connectivity index (χ4n) is 1.99. The van der Waals surface area contributed by atoms with E-state index < -0.39 is 22.0 Å². The molecule has 0 amide bonds. The predicted molar refractivity (Wildman–Crippen MR) is 103 cm³/mol. The third kappa shape index (κ3) is 5.09. The van der Waals surface area contributed by atoms with Gasteiger partial charge in [0.25, 0.3) is 0 Å². The van der Waals surface area contributed by atoms with Crippen molar-refractivity contribution in [1.29, 1.82) is 0 Å². The van der Waals surface area contributed by atoms with Crippen molar-refractivity contribution in [2.24, 2.45) is 0 Å². The molecule has 0 radical (unpaired) electrons. The number of hydrogen-bond donors (Lipinski definition) is 1. The van der Waals surface area contributed by atoms with Gasteiger partial charge < -0.3 is 4.74 Å². The number of benzene rings is 1. The Bertz CT molecular complexity index is 884. The van der Waals surface area contributed by atoms with E-state index in [1.807, 2.05) is 0 Å². The van der Waals surface area contributed by atoms with Crippen LogP contribution >= 0.6 is 62.1 Å². The number of rotatable bonds is 6. The summed E-state index contributed by atoms with van der Waals surface area (Å²) in [6.07, 6.45) is 0.0795. The Morgan fingerprint density at radius 1 is 1.24 bits per heavy atom. The smallest absolute Gasteiger partial charge is 0.324 e. The number of ether oxygens (including phenoxy) is 1. The second-order valence-electron chi connectivity index (χ2n) is 4.82. The van der Waals surface area contributed by atoms with Crippen molar-refractivity contribution >= 4 is 78.1 Å². The molecule has 1 N–H and O–H groups in total. The van der Waals surface area contributed by atoms with Crippen LogP contribution in [0.5, 0.6) is 0 Å². The van der Waals surface area contributed by atoms with E-state index in [4.69, 9.17) is 39.5 Å². The Kier molecular flexibility index (Phi) is 7.17.